The van der Waals surface area contributed by atoms with Crippen LogP contribution in [0.1, 0.15) is 58.6 Å². The first-order valence-electron chi connectivity index (χ1n) is 7.09. The molecule has 1 aliphatic carbocycles. The molecule has 0 heterocycles. The zero-order valence-corrected chi connectivity index (χ0v) is 12.7. The van der Waals surface area contributed by atoms with Crippen LogP contribution in [-0.4, -0.2) is 11.8 Å². The number of rotatable bonds is 3. The summed E-state index contributed by atoms with van der Waals surface area (Å²) in [5, 5.41) is 11.1. The molecule has 2 rings (SSSR count). The first-order chi connectivity index (χ1) is 8.66. The van der Waals surface area contributed by atoms with Crippen molar-refractivity contribution in [2.75, 3.05) is 5.32 Å². The Kier molecular flexibility index (Phi) is 8.10. The highest BCUT2D eigenvalue weighted by molar-refractivity contribution is 6.01. The van der Waals surface area contributed by atoms with Crippen molar-refractivity contribution >= 4 is 11.4 Å². The van der Waals surface area contributed by atoms with E-state index in [1.165, 1.54) is 18.4 Å². The van der Waals surface area contributed by atoms with Crippen LogP contribution in [0.4, 0.5) is 5.69 Å². The van der Waals surface area contributed by atoms with E-state index in [9.17, 15) is 0 Å². The molecule has 0 bridgehead atoms. The number of nitrogens with one attached hydrogen (secondary N) is 2. The molecule has 18 heavy (non-hydrogen) atoms. The smallest absolute Gasteiger partial charge is 0.0436 e. The molecule has 1 saturated carbocycles. The van der Waals surface area contributed by atoms with Gasteiger partial charge >= 0.3 is 0 Å². The molecular weight excluding hydrogens is 220 g/mol. The van der Waals surface area contributed by atoms with Gasteiger partial charge in [-0.15, -0.1) is 0 Å². The van der Waals surface area contributed by atoms with Gasteiger partial charge in [-0.05, 0) is 38.3 Å². The van der Waals surface area contributed by atoms with Gasteiger partial charge in [-0.1, -0.05) is 39.8 Å². The van der Waals surface area contributed by atoms with Crippen molar-refractivity contribution in [1.82, 2.24) is 0 Å². The van der Waals surface area contributed by atoms with E-state index in [0.29, 0.717) is 11.8 Å². The Hall–Kier alpha value is -1.31. The molecule has 0 amide bonds. The molecule has 0 saturated heterocycles. The second-order valence-electron chi connectivity index (χ2n) is 4.09. The number of aryl methyl sites for hydroxylation is 1. The predicted octanol–water partition coefficient (Wildman–Crippen LogP) is 5.01. The second kappa shape index (κ2) is 8.73. The lowest BCUT2D eigenvalue weighted by Crippen LogP contribution is -2.06. The number of hydrogen-bond donors (Lipinski definition) is 2. The van der Waals surface area contributed by atoms with Crippen LogP contribution < -0.4 is 5.32 Å². The van der Waals surface area contributed by atoms with E-state index in [1.807, 2.05) is 40.7 Å². The lowest BCUT2D eigenvalue weighted by atomic mass is 10.1. The highest BCUT2D eigenvalue weighted by Crippen LogP contribution is 2.27. The van der Waals surface area contributed by atoms with Crippen molar-refractivity contribution in [2.24, 2.45) is 0 Å². The quantitative estimate of drug-likeness (QED) is 0.725. The first kappa shape index (κ1) is 16.7. The largest absolute Gasteiger partial charge is 0.382 e. The number of benzene rings is 1. The van der Waals surface area contributed by atoms with Crippen molar-refractivity contribution in [3.8, 4) is 0 Å². The molecule has 2 nitrogen and oxygen atoms in total. The van der Waals surface area contributed by atoms with Crippen LogP contribution in [-0.2, 0) is 0 Å². The van der Waals surface area contributed by atoms with Crippen LogP contribution in [0, 0.1) is 12.3 Å². The molecule has 0 aromatic heterocycles. The van der Waals surface area contributed by atoms with Gasteiger partial charge in [0.05, 0.1) is 0 Å². The third-order valence-electron chi connectivity index (χ3n) is 2.52. The summed E-state index contributed by atoms with van der Waals surface area (Å²) in [7, 11) is 0. The fourth-order valence-electron chi connectivity index (χ4n) is 1.55. The topological polar surface area (TPSA) is 35.9 Å². The maximum Gasteiger partial charge on any atom is 0.0436 e. The second-order valence-corrected chi connectivity index (χ2v) is 4.09. The van der Waals surface area contributed by atoms with Gasteiger partial charge in [0.25, 0.3) is 0 Å². The molecule has 1 fully saturated rings. The molecule has 2 heteroatoms. The van der Waals surface area contributed by atoms with Crippen molar-refractivity contribution in [3.05, 3.63) is 29.3 Å². The fourth-order valence-corrected chi connectivity index (χ4v) is 1.55. The minimum absolute atomic E-state index is 0.633. The maximum atomic E-state index is 7.67. The van der Waals surface area contributed by atoms with Crippen LogP contribution in [0.3, 0.4) is 0 Å². The van der Waals surface area contributed by atoms with E-state index >= 15 is 0 Å². The average molecular weight is 248 g/mol. The maximum absolute atomic E-state index is 7.67. The third kappa shape index (κ3) is 5.35. The zero-order chi connectivity index (χ0) is 14.1. The van der Waals surface area contributed by atoms with Gasteiger partial charge in [0.15, 0.2) is 0 Å². The highest BCUT2D eigenvalue weighted by Gasteiger charge is 2.21. The van der Waals surface area contributed by atoms with Gasteiger partial charge in [0.2, 0.25) is 0 Å². The number of hydrogen-bond acceptors (Lipinski definition) is 2. The van der Waals surface area contributed by atoms with E-state index in [4.69, 9.17) is 5.41 Å². The van der Waals surface area contributed by atoms with E-state index in [0.717, 1.165) is 11.3 Å². The Labute approximate surface area is 112 Å². The fraction of sp³-hybridized carbons (Fsp3) is 0.562. The average Bonchev–Trinajstić information content (AvgIpc) is 3.18. The van der Waals surface area contributed by atoms with E-state index in [1.54, 1.807) is 0 Å². The summed E-state index contributed by atoms with van der Waals surface area (Å²) in [4.78, 5) is 0. The van der Waals surface area contributed by atoms with E-state index in [-0.39, 0.29) is 0 Å². The standard InChI is InChI=1S/C12H16N2.2C2H6/c1-8-3-6-11(9(2)13)12(7-8)14-10-4-5-10;2*1-2/h3,6-7,10,13-14H,4-5H2,1-2H3;2*1-2H3. The Morgan fingerprint density at radius 1 is 1.17 bits per heavy atom. The Balaban J connectivity index is 0.000000659. The van der Waals surface area contributed by atoms with Crippen LogP contribution in [0.15, 0.2) is 18.2 Å². The van der Waals surface area contributed by atoms with Crippen molar-refractivity contribution in [1.29, 1.82) is 5.41 Å². The van der Waals surface area contributed by atoms with Gasteiger partial charge in [-0.25, -0.2) is 0 Å². The lowest BCUT2D eigenvalue weighted by molar-refractivity contribution is 1.15. The van der Waals surface area contributed by atoms with E-state index < -0.39 is 0 Å². The Morgan fingerprint density at radius 3 is 2.17 bits per heavy atom. The molecule has 0 aliphatic heterocycles. The minimum Gasteiger partial charge on any atom is -0.382 e. The summed E-state index contributed by atoms with van der Waals surface area (Å²) in [6.45, 7) is 11.9. The highest BCUT2D eigenvalue weighted by atomic mass is 15.0. The van der Waals surface area contributed by atoms with Crippen molar-refractivity contribution < 1.29 is 0 Å². The third-order valence-corrected chi connectivity index (χ3v) is 2.52. The SMILES string of the molecule is CC.CC.CC(=N)c1ccc(C)cc1NC1CC1. The number of anilines is 1. The first-order valence-corrected chi connectivity index (χ1v) is 7.09. The van der Waals surface area contributed by atoms with E-state index in [2.05, 4.69) is 24.4 Å². The molecule has 1 aliphatic rings. The summed E-state index contributed by atoms with van der Waals surface area (Å²) in [6.07, 6.45) is 2.54. The summed E-state index contributed by atoms with van der Waals surface area (Å²) in [5.74, 6) is 0. The van der Waals surface area contributed by atoms with Crippen molar-refractivity contribution in [3.63, 3.8) is 0 Å². The van der Waals surface area contributed by atoms with Gasteiger partial charge in [0, 0.05) is 23.0 Å². The Bertz CT molecular complexity index is 365. The normalized spacial score (nSPS) is 12.6. The summed E-state index contributed by atoms with van der Waals surface area (Å²) >= 11 is 0. The van der Waals surface area contributed by atoms with Gasteiger partial charge in [0.1, 0.15) is 0 Å². The minimum atomic E-state index is 0.633. The van der Waals surface area contributed by atoms with Crippen LogP contribution >= 0.6 is 0 Å². The molecule has 0 radical (unpaired) electrons. The van der Waals surface area contributed by atoms with Crippen molar-refractivity contribution in [2.45, 2.75) is 60.4 Å². The van der Waals surface area contributed by atoms with Crippen LogP contribution in [0.5, 0.6) is 0 Å². The summed E-state index contributed by atoms with van der Waals surface area (Å²) in [5.41, 5.74) is 4.04. The summed E-state index contributed by atoms with van der Waals surface area (Å²) in [6, 6.07) is 6.87. The molecular formula is C16H28N2. The molecule has 0 unspecified atom stereocenters. The molecule has 102 valence electrons. The van der Waals surface area contributed by atoms with Crippen LogP contribution in [0.2, 0.25) is 0 Å². The molecule has 2 N–H and O–H groups in total. The summed E-state index contributed by atoms with van der Waals surface area (Å²) < 4.78 is 0. The monoisotopic (exact) mass is 248 g/mol. The van der Waals surface area contributed by atoms with Gasteiger partial charge in [-0.3, -0.25) is 0 Å². The molecule has 0 spiro atoms. The lowest BCUT2D eigenvalue weighted by Gasteiger charge is -2.11. The molecule has 0 atom stereocenters. The van der Waals surface area contributed by atoms with Crippen LogP contribution in [0.25, 0.3) is 0 Å². The van der Waals surface area contributed by atoms with Gasteiger partial charge in [-0.2, -0.15) is 0 Å². The predicted molar refractivity (Wildman–Crippen MR) is 83.0 cm³/mol. The Morgan fingerprint density at radius 2 is 1.72 bits per heavy atom. The molecule has 1 aromatic carbocycles. The van der Waals surface area contributed by atoms with Gasteiger partial charge < -0.3 is 10.7 Å². The molecule has 1 aromatic rings. The zero-order valence-electron chi connectivity index (χ0n) is 12.7.